The third-order valence-corrected chi connectivity index (χ3v) is 1.79. The van der Waals surface area contributed by atoms with Crippen LogP contribution in [0.2, 0.25) is 0 Å². The second-order valence-electron chi connectivity index (χ2n) is 3.09. The third-order valence-electron chi connectivity index (χ3n) is 1.79. The van der Waals surface area contributed by atoms with Gasteiger partial charge in [0, 0.05) is 13.1 Å². The van der Waals surface area contributed by atoms with Crippen LogP contribution in [0.15, 0.2) is 16.8 Å². The molecule has 0 radical (unpaired) electrons. The lowest BCUT2D eigenvalue weighted by Crippen LogP contribution is -2.20. The fourth-order valence-corrected chi connectivity index (χ4v) is 1.03. The van der Waals surface area contributed by atoms with Crippen LogP contribution in [0.5, 0.6) is 0 Å². The molecule has 0 fully saturated rings. The van der Waals surface area contributed by atoms with Crippen LogP contribution in [-0.2, 0) is 0 Å². The average molecular weight is 192 g/mol. The summed E-state index contributed by atoms with van der Waals surface area (Å²) in [5.74, 6) is 0. The predicted octanol–water partition coefficient (Wildman–Crippen LogP) is 1.84. The first-order valence-corrected chi connectivity index (χ1v) is 3.89. The first-order chi connectivity index (χ1) is 5.89. The summed E-state index contributed by atoms with van der Waals surface area (Å²) in [4.78, 5) is 5.40. The monoisotopic (exact) mass is 192 g/mol. The minimum atomic E-state index is -4.30. The highest BCUT2D eigenvalue weighted by Gasteiger charge is 2.32. The first-order valence-electron chi connectivity index (χ1n) is 3.89. The van der Waals surface area contributed by atoms with Crippen molar-refractivity contribution in [3.63, 3.8) is 0 Å². The Morgan fingerprint density at radius 1 is 1.54 bits per heavy atom. The normalized spacial score (nSPS) is 20.7. The van der Waals surface area contributed by atoms with Gasteiger partial charge in [-0.15, -0.1) is 0 Å². The molecule has 2 nitrogen and oxygen atoms in total. The molecule has 5 heteroatoms. The van der Waals surface area contributed by atoms with Gasteiger partial charge in [-0.25, -0.2) is 0 Å². The summed E-state index contributed by atoms with van der Waals surface area (Å²) in [7, 11) is 1.84. The molecule has 1 heterocycles. The Labute approximate surface area is 74.8 Å². The fourth-order valence-electron chi connectivity index (χ4n) is 1.03. The molecule has 0 aromatic carbocycles. The summed E-state index contributed by atoms with van der Waals surface area (Å²) >= 11 is 0. The van der Waals surface area contributed by atoms with E-state index < -0.39 is 11.9 Å². The van der Waals surface area contributed by atoms with Gasteiger partial charge in [-0.05, 0) is 20.0 Å². The van der Waals surface area contributed by atoms with E-state index in [4.69, 9.17) is 0 Å². The topological polar surface area (TPSA) is 15.6 Å². The van der Waals surface area contributed by atoms with Gasteiger partial charge in [-0.1, -0.05) is 0 Å². The number of hydrogen-bond donors (Lipinski definition) is 0. The molecule has 0 atom stereocenters. The maximum Gasteiger partial charge on any atom is 0.429 e. The molecule has 1 aliphatic rings. The second kappa shape index (κ2) is 3.49. The lowest BCUT2D eigenvalue weighted by Gasteiger charge is -2.07. The number of hydrogen-bond acceptors (Lipinski definition) is 2. The van der Waals surface area contributed by atoms with Gasteiger partial charge >= 0.3 is 6.18 Å². The summed E-state index contributed by atoms with van der Waals surface area (Å²) in [6, 6.07) is 0. The van der Waals surface area contributed by atoms with E-state index in [9.17, 15) is 13.2 Å². The van der Waals surface area contributed by atoms with Crippen LogP contribution in [0.3, 0.4) is 0 Å². The Morgan fingerprint density at radius 3 is 2.54 bits per heavy atom. The number of alkyl halides is 3. The van der Waals surface area contributed by atoms with Gasteiger partial charge in [-0.3, -0.25) is 9.89 Å². The average Bonchev–Trinajstić information content (AvgIpc) is 2.33. The Hall–Kier alpha value is -0.840. The first kappa shape index (κ1) is 10.2. The Bertz CT molecular complexity index is 253. The van der Waals surface area contributed by atoms with Gasteiger partial charge in [0.25, 0.3) is 0 Å². The number of rotatable bonds is 1. The SMILES string of the molecule is CC(=NC1=CCN(C)C1)C(F)(F)F. The molecule has 0 aromatic rings. The number of likely N-dealkylation sites (N-methyl/N-ethyl adjacent to an activating group) is 1. The molecule has 0 amide bonds. The van der Waals surface area contributed by atoms with E-state index in [2.05, 4.69) is 4.99 Å². The van der Waals surface area contributed by atoms with E-state index >= 15 is 0 Å². The van der Waals surface area contributed by atoms with Crippen LogP contribution in [0.1, 0.15) is 6.92 Å². The molecule has 13 heavy (non-hydrogen) atoms. The molecule has 0 spiro atoms. The largest absolute Gasteiger partial charge is 0.429 e. The van der Waals surface area contributed by atoms with Gasteiger partial charge in [0.05, 0.1) is 5.70 Å². The Balaban J connectivity index is 2.67. The van der Waals surface area contributed by atoms with E-state index in [1.807, 2.05) is 11.9 Å². The van der Waals surface area contributed by atoms with Crippen molar-refractivity contribution < 1.29 is 13.2 Å². The summed E-state index contributed by atoms with van der Waals surface area (Å²) in [6.45, 7) is 2.15. The standard InChI is InChI=1S/C8H11F3N2/c1-6(8(9,10)11)12-7-3-4-13(2)5-7/h3H,4-5H2,1-2H3. The van der Waals surface area contributed by atoms with E-state index in [1.165, 1.54) is 0 Å². The zero-order valence-corrected chi connectivity index (χ0v) is 7.52. The molecule has 0 aromatic heterocycles. The van der Waals surface area contributed by atoms with Crippen molar-refractivity contribution in [1.82, 2.24) is 4.90 Å². The molecule has 0 N–H and O–H groups in total. The van der Waals surface area contributed by atoms with Crippen LogP contribution >= 0.6 is 0 Å². The highest BCUT2D eigenvalue weighted by molar-refractivity contribution is 5.88. The zero-order chi connectivity index (χ0) is 10.1. The van der Waals surface area contributed by atoms with Gasteiger partial charge in [0.1, 0.15) is 5.71 Å². The van der Waals surface area contributed by atoms with Crippen LogP contribution in [0.4, 0.5) is 13.2 Å². The van der Waals surface area contributed by atoms with Gasteiger partial charge in [0.15, 0.2) is 0 Å². The molecular formula is C8H11F3N2. The molecular weight excluding hydrogens is 181 g/mol. The van der Waals surface area contributed by atoms with Crippen molar-refractivity contribution in [2.45, 2.75) is 13.1 Å². The van der Waals surface area contributed by atoms with Crippen molar-refractivity contribution in [1.29, 1.82) is 0 Å². The molecule has 1 rings (SSSR count). The number of aliphatic imine (C=N–C) groups is 1. The van der Waals surface area contributed by atoms with E-state index in [-0.39, 0.29) is 0 Å². The molecule has 0 unspecified atom stereocenters. The van der Waals surface area contributed by atoms with Crippen molar-refractivity contribution in [3.8, 4) is 0 Å². The van der Waals surface area contributed by atoms with Crippen molar-refractivity contribution in [3.05, 3.63) is 11.8 Å². The second-order valence-corrected chi connectivity index (χ2v) is 3.09. The van der Waals surface area contributed by atoms with Crippen LogP contribution in [-0.4, -0.2) is 36.9 Å². The highest BCUT2D eigenvalue weighted by atomic mass is 19.4. The van der Waals surface area contributed by atoms with E-state index in [1.54, 1.807) is 6.08 Å². The van der Waals surface area contributed by atoms with Gasteiger partial charge in [-0.2, -0.15) is 13.2 Å². The van der Waals surface area contributed by atoms with Crippen molar-refractivity contribution in [2.24, 2.45) is 4.99 Å². The lowest BCUT2D eigenvalue weighted by molar-refractivity contribution is -0.0592. The zero-order valence-electron chi connectivity index (χ0n) is 7.52. The predicted molar refractivity (Wildman–Crippen MR) is 44.7 cm³/mol. The quantitative estimate of drug-likeness (QED) is 0.579. The molecule has 0 bridgehead atoms. The molecule has 0 aliphatic carbocycles. The Kier molecular flexibility index (Phi) is 2.75. The molecule has 0 saturated carbocycles. The maximum atomic E-state index is 12.0. The smallest absolute Gasteiger partial charge is 0.297 e. The third kappa shape index (κ3) is 2.84. The number of halogens is 3. The molecule has 1 aliphatic heterocycles. The minimum Gasteiger partial charge on any atom is -0.297 e. The van der Waals surface area contributed by atoms with Crippen molar-refractivity contribution in [2.75, 3.05) is 20.1 Å². The summed E-state index contributed by atoms with van der Waals surface area (Å²) in [6.07, 6.45) is -2.60. The van der Waals surface area contributed by atoms with Crippen LogP contribution < -0.4 is 0 Å². The highest BCUT2D eigenvalue weighted by Crippen LogP contribution is 2.19. The van der Waals surface area contributed by atoms with Crippen molar-refractivity contribution >= 4 is 5.71 Å². The number of nitrogens with zero attached hydrogens (tertiary/aromatic N) is 2. The maximum absolute atomic E-state index is 12.0. The van der Waals surface area contributed by atoms with Gasteiger partial charge < -0.3 is 0 Å². The molecule has 0 saturated heterocycles. The van der Waals surface area contributed by atoms with Crippen LogP contribution in [0, 0.1) is 0 Å². The lowest BCUT2D eigenvalue weighted by atomic mass is 10.4. The summed E-state index contributed by atoms with van der Waals surface area (Å²) in [5.41, 5.74) is -0.286. The summed E-state index contributed by atoms with van der Waals surface area (Å²) < 4.78 is 36.1. The molecule has 74 valence electrons. The van der Waals surface area contributed by atoms with E-state index in [0.717, 1.165) is 6.92 Å². The summed E-state index contributed by atoms with van der Waals surface area (Å²) in [5, 5.41) is 0. The van der Waals surface area contributed by atoms with Crippen LogP contribution in [0.25, 0.3) is 0 Å². The minimum absolute atomic E-state index is 0.493. The van der Waals surface area contributed by atoms with E-state index in [0.29, 0.717) is 18.8 Å². The fraction of sp³-hybridized carbons (Fsp3) is 0.625. The van der Waals surface area contributed by atoms with Gasteiger partial charge in [0.2, 0.25) is 0 Å². The Morgan fingerprint density at radius 2 is 2.15 bits per heavy atom.